The van der Waals surface area contributed by atoms with Gasteiger partial charge in [0, 0.05) is 5.71 Å². The second-order valence-corrected chi connectivity index (χ2v) is 5.48. The third-order valence-electron chi connectivity index (χ3n) is 3.96. The van der Waals surface area contributed by atoms with E-state index in [4.69, 9.17) is 0 Å². The van der Waals surface area contributed by atoms with Crippen molar-refractivity contribution in [3.63, 3.8) is 0 Å². The van der Waals surface area contributed by atoms with Gasteiger partial charge in [0.05, 0.1) is 11.0 Å². The van der Waals surface area contributed by atoms with Crippen molar-refractivity contribution in [2.75, 3.05) is 5.43 Å². The first-order chi connectivity index (χ1) is 9.24. The van der Waals surface area contributed by atoms with Crippen LogP contribution in [0.3, 0.4) is 0 Å². The van der Waals surface area contributed by atoms with Gasteiger partial charge in [0.25, 0.3) is 0 Å². The van der Waals surface area contributed by atoms with E-state index in [9.17, 15) is 0 Å². The van der Waals surface area contributed by atoms with Gasteiger partial charge in [-0.05, 0) is 36.8 Å². The number of H-pyrrole nitrogens is 1. The molecule has 0 spiro atoms. The molecule has 2 N–H and O–H groups in total. The average molecular weight is 256 g/mol. The van der Waals surface area contributed by atoms with Gasteiger partial charge in [-0.15, -0.1) is 0 Å². The number of aromatic amines is 1. The van der Waals surface area contributed by atoms with Crippen LogP contribution in [-0.4, -0.2) is 15.7 Å². The van der Waals surface area contributed by atoms with Crippen molar-refractivity contribution in [3.8, 4) is 0 Å². The molecule has 1 fully saturated rings. The number of aromatic nitrogens is 2. The van der Waals surface area contributed by atoms with Gasteiger partial charge < -0.3 is 4.98 Å². The summed E-state index contributed by atoms with van der Waals surface area (Å²) >= 11 is 0. The Morgan fingerprint density at radius 1 is 1.21 bits per heavy atom. The summed E-state index contributed by atoms with van der Waals surface area (Å²) in [6.07, 6.45) is 3.79. The number of anilines is 1. The zero-order valence-electron chi connectivity index (χ0n) is 11.5. The van der Waals surface area contributed by atoms with Crippen molar-refractivity contribution in [1.29, 1.82) is 0 Å². The molecule has 0 saturated heterocycles. The van der Waals surface area contributed by atoms with E-state index >= 15 is 0 Å². The largest absolute Gasteiger partial charge is 0.323 e. The van der Waals surface area contributed by atoms with Gasteiger partial charge in [-0.25, -0.2) is 10.4 Å². The van der Waals surface area contributed by atoms with E-state index in [1.165, 1.54) is 25.0 Å². The molecule has 1 heterocycles. The number of benzene rings is 1. The fraction of sp³-hybridized carbons (Fsp3) is 0.467. The fourth-order valence-electron chi connectivity index (χ4n) is 2.86. The number of hydrogen-bond donors (Lipinski definition) is 2. The highest BCUT2D eigenvalue weighted by Crippen LogP contribution is 2.26. The second kappa shape index (κ2) is 5.03. The van der Waals surface area contributed by atoms with Gasteiger partial charge >= 0.3 is 0 Å². The molecule has 3 rings (SSSR count). The summed E-state index contributed by atoms with van der Waals surface area (Å²) in [5.74, 6) is 1.86. The van der Waals surface area contributed by atoms with Gasteiger partial charge in [-0.1, -0.05) is 32.4 Å². The Bertz CT molecular complexity index is 554. The molecule has 1 aliphatic carbocycles. The van der Waals surface area contributed by atoms with Crippen LogP contribution in [0.1, 0.15) is 33.1 Å². The molecule has 1 aromatic heterocycles. The van der Waals surface area contributed by atoms with E-state index in [0.717, 1.165) is 17.0 Å². The fourth-order valence-corrected chi connectivity index (χ4v) is 2.86. The molecule has 0 radical (unpaired) electrons. The highest BCUT2D eigenvalue weighted by molar-refractivity contribution is 5.89. The SMILES string of the molecule is C[C@H]1CCC[C@H](C)C1=NNc1nc2ccccc2[nH]1. The number of hydrazone groups is 1. The summed E-state index contributed by atoms with van der Waals surface area (Å²) in [7, 11) is 0. The van der Waals surface area contributed by atoms with Gasteiger partial charge in [0.2, 0.25) is 5.95 Å². The molecule has 1 saturated carbocycles. The number of nitrogens with zero attached hydrogens (tertiary/aromatic N) is 2. The standard InChI is InChI=1S/C15H20N4/c1-10-6-5-7-11(2)14(10)18-19-15-16-12-8-3-4-9-13(12)17-15/h3-4,8-11H,5-7H2,1-2H3,(H2,16,17,19)/t10-,11-/m0/s1. The van der Waals surface area contributed by atoms with Crippen molar-refractivity contribution in [1.82, 2.24) is 9.97 Å². The molecule has 0 bridgehead atoms. The zero-order valence-corrected chi connectivity index (χ0v) is 11.5. The maximum absolute atomic E-state index is 4.58. The lowest BCUT2D eigenvalue weighted by Gasteiger charge is -2.26. The Morgan fingerprint density at radius 2 is 1.95 bits per heavy atom. The summed E-state index contributed by atoms with van der Waals surface area (Å²) in [5.41, 5.74) is 6.36. The molecule has 2 aromatic rings. The number of imidazole rings is 1. The number of para-hydroxylation sites is 2. The Balaban J connectivity index is 1.80. The van der Waals surface area contributed by atoms with E-state index in [2.05, 4.69) is 34.3 Å². The van der Waals surface area contributed by atoms with Crippen molar-refractivity contribution in [2.24, 2.45) is 16.9 Å². The van der Waals surface area contributed by atoms with E-state index in [0.29, 0.717) is 11.8 Å². The van der Waals surface area contributed by atoms with Gasteiger partial charge in [0.15, 0.2) is 0 Å². The normalized spacial score (nSPS) is 23.6. The predicted molar refractivity (Wildman–Crippen MR) is 79.3 cm³/mol. The Kier molecular flexibility index (Phi) is 3.23. The summed E-state index contributed by atoms with van der Waals surface area (Å²) in [6, 6.07) is 8.01. The molecular weight excluding hydrogens is 236 g/mol. The molecular formula is C15H20N4. The van der Waals surface area contributed by atoms with Crippen molar-refractivity contribution in [3.05, 3.63) is 24.3 Å². The first kappa shape index (κ1) is 12.2. The van der Waals surface area contributed by atoms with E-state index in [-0.39, 0.29) is 0 Å². The summed E-state index contributed by atoms with van der Waals surface area (Å²) in [6.45, 7) is 4.52. The van der Waals surface area contributed by atoms with Crippen LogP contribution >= 0.6 is 0 Å². The monoisotopic (exact) mass is 256 g/mol. The molecule has 4 heteroatoms. The number of fused-ring (bicyclic) bond motifs is 1. The molecule has 0 amide bonds. The van der Waals surface area contributed by atoms with Crippen LogP contribution < -0.4 is 5.43 Å². The van der Waals surface area contributed by atoms with E-state index in [1.807, 2.05) is 24.3 Å². The highest BCUT2D eigenvalue weighted by atomic mass is 15.4. The minimum atomic E-state index is 0.570. The smallest absolute Gasteiger partial charge is 0.222 e. The molecule has 2 atom stereocenters. The Labute approximate surface area is 113 Å². The first-order valence-corrected chi connectivity index (χ1v) is 7.02. The van der Waals surface area contributed by atoms with E-state index < -0.39 is 0 Å². The highest BCUT2D eigenvalue weighted by Gasteiger charge is 2.22. The van der Waals surface area contributed by atoms with Crippen LogP contribution in [0.4, 0.5) is 5.95 Å². The van der Waals surface area contributed by atoms with Gasteiger partial charge in [-0.2, -0.15) is 5.10 Å². The van der Waals surface area contributed by atoms with Crippen molar-refractivity contribution >= 4 is 22.7 Å². The van der Waals surface area contributed by atoms with Crippen LogP contribution in [0.15, 0.2) is 29.4 Å². The minimum Gasteiger partial charge on any atom is -0.323 e. The zero-order chi connectivity index (χ0) is 13.2. The Morgan fingerprint density at radius 3 is 2.68 bits per heavy atom. The van der Waals surface area contributed by atoms with Crippen molar-refractivity contribution < 1.29 is 0 Å². The van der Waals surface area contributed by atoms with Crippen LogP contribution in [0.25, 0.3) is 11.0 Å². The maximum atomic E-state index is 4.58. The minimum absolute atomic E-state index is 0.570. The topological polar surface area (TPSA) is 53.1 Å². The predicted octanol–water partition coefficient (Wildman–Crippen LogP) is 3.79. The number of nitrogens with one attached hydrogen (secondary N) is 2. The molecule has 100 valence electrons. The van der Waals surface area contributed by atoms with Crippen LogP contribution in [0.5, 0.6) is 0 Å². The molecule has 1 aromatic carbocycles. The molecule has 4 nitrogen and oxygen atoms in total. The molecule has 0 aliphatic heterocycles. The lowest BCUT2D eigenvalue weighted by Crippen LogP contribution is -2.25. The third kappa shape index (κ3) is 2.48. The first-order valence-electron chi connectivity index (χ1n) is 7.02. The quantitative estimate of drug-likeness (QED) is 0.803. The molecule has 0 unspecified atom stereocenters. The van der Waals surface area contributed by atoms with Crippen molar-refractivity contribution in [2.45, 2.75) is 33.1 Å². The lowest BCUT2D eigenvalue weighted by molar-refractivity contribution is 0.486. The van der Waals surface area contributed by atoms with Crippen LogP contribution in [-0.2, 0) is 0 Å². The number of hydrogen-bond acceptors (Lipinski definition) is 3. The third-order valence-corrected chi connectivity index (χ3v) is 3.96. The summed E-state index contributed by atoms with van der Waals surface area (Å²) < 4.78 is 0. The van der Waals surface area contributed by atoms with Crippen LogP contribution in [0.2, 0.25) is 0 Å². The van der Waals surface area contributed by atoms with Crippen LogP contribution in [0, 0.1) is 11.8 Å². The lowest BCUT2D eigenvalue weighted by atomic mass is 9.81. The maximum Gasteiger partial charge on any atom is 0.222 e. The van der Waals surface area contributed by atoms with Gasteiger partial charge in [-0.3, -0.25) is 0 Å². The average Bonchev–Trinajstić information content (AvgIpc) is 2.81. The molecule has 1 aliphatic rings. The Hall–Kier alpha value is -1.84. The van der Waals surface area contributed by atoms with Gasteiger partial charge in [0.1, 0.15) is 0 Å². The van der Waals surface area contributed by atoms with E-state index in [1.54, 1.807) is 0 Å². The summed E-state index contributed by atoms with van der Waals surface area (Å²) in [4.78, 5) is 7.71. The second-order valence-electron chi connectivity index (χ2n) is 5.48. The molecule has 19 heavy (non-hydrogen) atoms. The number of rotatable bonds is 2. The summed E-state index contributed by atoms with van der Waals surface area (Å²) in [5, 5.41) is 4.58.